The first-order chi connectivity index (χ1) is 11.6. The molecule has 0 amide bonds. The lowest BCUT2D eigenvalue weighted by Gasteiger charge is -2.10. The number of nitrogens with one attached hydrogen (secondary N) is 3. The molecule has 4 N–H and O–H groups in total. The van der Waals surface area contributed by atoms with Gasteiger partial charge in [0.25, 0.3) is 5.56 Å². The van der Waals surface area contributed by atoms with Crippen molar-refractivity contribution in [1.29, 1.82) is 0 Å². The van der Waals surface area contributed by atoms with E-state index in [1.165, 1.54) is 6.20 Å². The molecule has 3 rings (SSSR count). The second kappa shape index (κ2) is 6.92. The molecule has 0 aliphatic heterocycles. The number of rotatable bonds is 4. The summed E-state index contributed by atoms with van der Waals surface area (Å²) in [7, 11) is 0. The fraction of sp³-hybridized carbons (Fsp3) is 0. The van der Waals surface area contributed by atoms with Crippen LogP contribution in [0.4, 0.5) is 5.82 Å². The standard InChI is InChI=1S/C16H12Cl2N4O2/c17-9-5-6-12(13(18)7-9)14(22-24)8-19-15-10-3-1-2-4-11(10)16(23)21-20-15/h1-8,22,24H,(H,19,20)(H,21,23)/b14-8+. The zero-order valence-electron chi connectivity index (χ0n) is 12.2. The van der Waals surface area contributed by atoms with E-state index in [1.807, 2.05) is 0 Å². The first-order valence-electron chi connectivity index (χ1n) is 6.90. The molecule has 0 saturated heterocycles. The van der Waals surface area contributed by atoms with Crippen molar-refractivity contribution >= 4 is 45.5 Å². The summed E-state index contributed by atoms with van der Waals surface area (Å²) in [5.41, 5.74) is 2.66. The van der Waals surface area contributed by atoms with Crippen molar-refractivity contribution in [2.24, 2.45) is 0 Å². The summed E-state index contributed by atoms with van der Waals surface area (Å²) in [4.78, 5) is 11.8. The van der Waals surface area contributed by atoms with Gasteiger partial charge in [0.05, 0.1) is 16.1 Å². The van der Waals surface area contributed by atoms with Crippen LogP contribution in [0.1, 0.15) is 5.56 Å². The van der Waals surface area contributed by atoms with Crippen LogP contribution in [0.2, 0.25) is 10.0 Å². The Morgan fingerprint density at radius 2 is 1.92 bits per heavy atom. The van der Waals surface area contributed by atoms with E-state index in [9.17, 15) is 10.0 Å². The number of aromatic amines is 1. The third-order valence-corrected chi connectivity index (χ3v) is 3.94. The first kappa shape index (κ1) is 16.3. The molecule has 1 heterocycles. The summed E-state index contributed by atoms with van der Waals surface area (Å²) in [6.45, 7) is 0. The third-order valence-electron chi connectivity index (χ3n) is 3.39. The van der Waals surface area contributed by atoms with Crippen molar-refractivity contribution in [1.82, 2.24) is 15.7 Å². The van der Waals surface area contributed by atoms with Crippen molar-refractivity contribution in [3.8, 4) is 0 Å². The molecule has 0 atom stereocenters. The van der Waals surface area contributed by atoms with Gasteiger partial charge in [0, 0.05) is 22.2 Å². The molecule has 3 aromatic rings. The maximum absolute atomic E-state index is 11.8. The molecule has 24 heavy (non-hydrogen) atoms. The van der Waals surface area contributed by atoms with Gasteiger partial charge in [-0.05, 0) is 24.3 Å². The van der Waals surface area contributed by atoms with Crippen LogP contribution >= 0.6 is 23.2 Å². The minimum absolute atomic E-state index is 0.276. The van der Waals surface area contributed by atoms with Crippen molar-refractivity contribution < 1.29 is 5.21 Å². The van der Waals surface area contributed by atoms with Gasteiger partial charge in [-0.25, -0.2) is 5.10 Å². The molecule has 0 saturated carbocycles. The monoisotopic (exact) mass is 362 g/mol. The van der Waals surface area contributed by atoms with E-state index in [0.717, 1.165) is 0 Å². The summed E-state index contributed by atoms with van der Waals surface area (Å²) >= 11 is 12.0. The highest BCUT2D eigenvalue weighted by molar-refractivity contribution is 6.35. The molecule has 0 radical (unpaired) electrons. The molecule has 0 aliphatic rings. The number of aromatic nitrogens is 2. The van der Waals surface area contributed by atoms with Gasteiger partial charge in [-0.3, -0.25) is 15.5 Å². The van der Waals surface area contributed by atoms with E-state index >= 15 is 0 Å². The molecule has 8 heteroatoms. The molecule has 0 fully saturated rings. The first-order valence-corrected chi connectivity index (χ1v) is 7.65. The van der Waals surface area contributed by atoms with Crippen LogP contribution in [-0.4, -0.2) is 15.4 Å². The van der Waals surface area contributed by atoms with Crippen molar-refractivity contribution in [3.63, 3.8) is 0 Å². The lowest BCUT2D eigenvalue weighted by atomic mass is 10.1. The summed E-state index contributed by atoms with van der Waals surface area (Å²) in [6, 6.07) is 11.9. The second-order valence-corrected chi connectivity index (χ2v) is 5.73. The zero-order valence-corrected chi connectivity index (χ0v) is 13.7. The van der Waals surface area contributed by atoms with Crippen LogP contribution in [0.5, 0.6) is 0 Å². The molecular formula is C16H12Cl2N4O2. The van der Waals surface area contributed by atoms with Crippen molar-refractivity contribution in [2.75, 3.05) is 5.32 Å². The minimum Gasteiger partial charge on any atom is -0.343 e. The van der Waals surface area contributed by atoms with E-state index in [1.54, 1.807) is 42.5 Å². The normalized spacial score (nSPS) is 11.5. The SMILES string of the molecule is O=c1[nH]nc(N/C=C(/NO)c2ccc(Cl)cc2Cl)c2ccccc12. The molecule has 0 spiro atoms. The van der Waals surface area contributed by atoms with E-state index in [0.29, 0.717) is 37.9 Å². The van der Waals surface area contributed by atoms with Crippen LogP contribution < -0.4 is 16.4 Å². The Bertz CT molecular complexity index is 985. The third kappa shape index (κ3) is 3.21. The van der Waals surface area contributed by atoms with Crippen LogP contribution in [0.3, 0.4) is 0 Å². The Hall–Kier alpha value is -2.54. The number of hydrogen-bond acceptors (Lipinski definition) is 5. The van der Waals surface area contributed by atoms with Crippen LogP contribution in [0, 0.1) is 0 Å². The molecular weight excluding hydrogens is 351 g/mol. The number of halogens is 2. The summed E-state index contributed by atoms with van der Waals surface area (Å²) in [5, 5.41) is 20.8. The average Bonchev–Trinajstić information content (AvgIpc) is 2.59. The molecule has 1 aromatic heterocycles. The van der Waals surface area contributed by atoms with E-state index in [2.05, 4.69) is 21.0 Å². The zero-order chi connectivity index (χ0) is 17.1. The number of hydrogen-bond donors (Lipinski definition) is 4. The maximum atomic E-state index is 11.8. The van der Waals surface area contributed by atoms with E-state index < -0.39 is 0 Å². The molecule has 0 unspecified atom stereocenters. The molecule has 2 aromatic carbocycles. The summed E-state index contributed by atoms with van der Waals surface area (Å²) in [5.74, 6) is 0.433. The molecule has 0 aliphatic carbocycles. The van der Waals surface area contributed by atoms with Crippen LogP contribution in [0.25, 0.3) is 16.5 Å². The maximum Gasteiger partial charge on any atom is 0.272 e. The average molecular weight is 363 g/mol. The van der Waals surface area contributed by atoms with Gasteiger partial charge in [-0.1, -0.05) is 41.4 Å². The van der Waals surface area contributed by atoms with E-state index in [-0.39, 0.29) is 5.56 Å². The highest BCUT2D eigenvalue weighted by Gasteiger charge is 2.08. The van der Waals surface area contributed by atoms with Gasteiger partial charge in [0.1, 0.15) is 0 Å². The van der Waals surface area contributed by atoms with Gasteiger partial charge in [-0.15, -0.1) is 0 Å². The number of fused-ring (bicyclic) bond motifs is 1. The Morgan fingerprint density at radius 3 is 2.62 bits per heavy atom. The smallest absolute Gasteiger partial charge is 0.272 e. The lowest BCUT2D eigenvalue weighted by Crippen LogP contribution is -2.12. The number of nitrogens with zero attached hydrogens (tertiary/aromatic N) is 1. The van der Waals surface area contributed by atoms with Crippen LogP contribution in [0.15, 0.2) is 53.5 Å². The fourth-order valence-electron chi connectivity index (χ4n) is 2.24. The highest BCUT2D eigenvalue weighted by atomic mass is 35.5. The minimum atomic E-state index is -0.276. The Balaban J connectivity index is 2.00. The van der Waals surface area contributed by atoms with Gasteiger partial charge >= 0.3 is 0 Å². The Morgan fingerprint density at radius 1 is 1.17 bits per heavy atom. The van der Waals surface area contributed by atoms with Gasteiger partial charge < -0.3 is 5.32 Å². The second-order valence-electron chi connectivity index (χ2n) is 4.89. The Kier molecular flexibility index (Phi) is 4.71. The number of H-pyrrole nitrogens is 1. The highest BCUT2D eigenvalue weighted by Crippen LogP contribution is 2.26. The van der Waals surface area contributed by atoms with Crippen molar-refractivity contribution in [2.45, 2.75) is 0 Å². The van der Waals surface area contributed by atoms with Crippen molar-refractivity contribution in [3.05, 3.63) is 74.6 Å². The molecule has 122 valence electrons. The lowest BCUT2D eigenvalue weighted by molar-refractivity contribution is 0.224. The number of hydroxylamine groups is 1. The van der Waals surface area contributed by atoms with E-state index in [4.69, 9.17) is 23.2 Å². The largest absolute Gasteiger partial charge is 0.343 e. The summed E-state index contributed by atoms with van der Waals surface area (Å²) in [6.07, 6.45) is 1.49. The predicted octanol–water partition coefficient (Wildman–Crippen LogP) is 3.62. The van der Waals surface area contributed by atoms with Gasteiger partial charge in [0.2, 0.25) is 0 Å². The topological polar surface area (TPSA) is 90.0 Å². The number of anilines is 1. The van der Waals surface area contributed by atoms with Gasteiger partial charge in [-0.2, -0.15) is 5.10 Å². The van der Waals surface area contributed by atoms with Crippen LogP contribution in [-0.2, 0) is 0 Å². The predicted molar refractivity (Wildman–Crippen MR) is 95.3 cm³/mol. The fourth-order valence-corrected chi connectivity index (χ4v) is 2.75. The summed E-state index contributed by atoms with van der Waals surface area (Å²) < 4.78 is 0. The molecule has 0 bridgehead atoms. The van der Waals surface area contributed by atoms with Gasteiger partial charge in [0.15, 0.2) is 5.82 Å². The Labute approximate surface area is 146 Å². The number of benzene rings is 2. The quantitative estimate of drug-likeness (QED) is 0.532. The molecule has 6 nitrogen and oxygen atoms in total.